The Labute approximate surface area is 180 Å². The maximum absolute atomic E-state index is 13.5. The van der Waals surface area contributed by atoms with Gasteiger partial charge in [0.15, 0.2) is 5.43 Å². The van der Waals surface area contributed by atoms with Crippen molar-refractivity contribution in [3.05, 3.63) is 69.6 Å². The van der Waals surface area contributed by atoms with Gasteiger partial charge in [-0.1, -0.05) is 12.1 Å². The highest BCUT2D eigenvalue weighted by Crippen LogP contribution is 2.39. The van der Waals surface area contributed by atoms with Gasteiger partial charge in [0.25, 0.3) is 5.91 Å². The van der Waals surface area contributed by atoms with E-state index in [0.29, 0.717) is 34.6 Å². The molecule has 2 aromatic carbocycles. The lowest BCUT2D eigenvalue weighted by Crippen LogP contribution is -3.05. The smallest absolute Gasteiger partial charge is 0.290 e. The normalized spacial score (nSPS) is 15.6. The summed E-state index contributed by atoms with van der Waals surface area (Å²) in [5.74, 6) is 1.14. The summed E-state index contributed by atoms with van der Waals surface area (Å²) in [7, 11) is 7.31. The summed E-state index contributed by atoms with van der Waals surface area (Å²) in [6.45, 7) is 1.44. The van der Waals surface area contributed by atoms with Crippen LogP contribution in [0.5, 0.6) is 11.5 Å². The number of amides is 1. The van der Waals surface area contributed by atoms with E-state index in [9.17, 15) is 9.59 Å². The Bertz CT molecular complexity index is 1170. The molecule has 0 fully saturated rings. The van der Waals surface area contributed by atoms with Crippen LogP contribution >= 0.6 is 0 Å². The second kappa shape index (κ2) is 8.43. The SMILES string of the molecule is COc1ccc([C@H]2c3c(oc4cc(OC)ccc4c3=O)C(=O)N2CCC[NH+](C)C)cc1. The fourth-order valence-electron chi connectivity index (χ4n) is 4.09. The summed E-state index contributed by atoms with van der Waals surface area (Å²) in [5, 5.41) is 0.436. The molecule has 1 amide bonds. The van der Waals surface area contributed by atoms with E-state index in [1.807, 2.05) is 24.3 Å². The molecule has 0 saturated heterocycles. The van der Waals surface area contributed by atoms with E-state index in [1.165, 1.54) is 4.90 Å². The van der Waals surface area contributed by atoms with Crippen molar-refractivity contribution in [3.8, 4) is 11.5 Å². The molecule has 1 aliphatic heterocycles. The number of methoxy groups -OCH3 is 2. The molecule has 0 spiro atoms. The number of rotatable bonds is 7. The van der Waals surface area contributed by atoms with Crippen molar-refractivity contribution < 1.29 is 23.6 Å². The van der Waals surface area contributed by atoms with Crippen molar-refractivity contribution in [2.45, 2.75) is 12.5 Å². The van der Waals surface area contributed by atoms with Crippen LogP contribution in [-0.2, 0) is 0 Å². The molecule has 2 heterocycles. The number of fused-ring (bicyclic) bond motifs is 2. The Kier molecular flexibility index (Phi) is 5.69. The summed E-state index contributed by atoms with van der Waals surface area (Å²) >= 11 is 0. The maximum Gasteiger partial charge on any atom is 0.290 e. The Hall–Kier alpha value is -3.32. The van der Waals surface area contributed by atoms with Gasteiger partial charge in [0, 0.05) is 19.0 Å². The van der Waals surface area contributed by atoms with E-state index in [0.717, 1.165) is 18.5 Å². The number of hydrogen-bond donors (Lipinski definition) is 1. The average molecular weight is 423 g/mol. The lowest BCUT2D eigenvalue weighted by Gasteiger charge is -2.25. The molecule has 4 rings (SSSR count). The Morgan fingerprint density at radius 1 is 1.00 bits per heavy atom. The third-order valence-corrected chi connectivity index (χ3v) is 5.68. The van der Waals surface area contributed by atoms with E-state index in [-0.39, 0.29) is 17.1 Å². The number of nitrogens with one attached hydrogen (secondary N) is 1. The topological polar surface area (TPSA) is 73.4 Å². The minimum Gasteiger partial charge on any atom is -0.497 e. The van der Waals surface area contributed by atoms with Crippen molar-refractivity contribution in [2.24, 2.45) is 0 Å². The second-order valence-corrected chi connectivity index (χ2v) is 8.02. The van der Waals surface area contributed by atoms with Crippen LogP contribution < -0.4 is 19.8 Å². The van der Waals surface area contributed by atoms with Crippen LogP contribution in [0.2, 0.25) is 0 Å². The Morgan fingerprint density at radius 3 is 2.32 bits per heavy atom. The Morgan fingerprint density at radius 2 is 1.68 bits per heavy atom. The molecule has 7 heteroatoms. The zero-order valence-corrected chi connectivity index (χ0v) is 18.2. The van der Waals surface area contributed by atoms with Gasteiger partial charge in [-0.15, -0.1) is 0 Å². The first-order valence-electron chi connectivity index (χ1n) is 10.3. The molecule has 7 nitrogen and oxygen atoms in total. The predicted octanol–water partition coefficient (Wildman–Crippen LogP) is 1.89. The lowest BCUT2D eigenvalue weighted by atomic mass is 9.98. The van der Waals surface area contributed by atoms with Gasteiger partial charge >= 0.3 is 0 Å². The molecule has 1 aliphatic rings. The van der Waals surface area contributed by atoms with E-state index >= 15 is 0 Å². The van der Waals surface area contributed by atoms with E-state index < -0.39 is 6.04 Å². The van der Waals surface area contributed by atoms with Crippen LogP contribution in [-0.4, -0.2) is 52.2 Å². The Balaban J connectivity index is 1.86. The van der Waals surface area contributed by atoms with E-state index in [1.54, 1.807) is 37.3 Å². The van der Waals surface area contributed by atoms with Gasteiger partial charge in [-0.2, -0.15) is 0 Å². The van der Waals surface area contributed by atoms with Crippen molar-refractivity contribution in [1.29, 1.82) is 0 Å². The molecule has 1 aromatic heterocycles. The van der Waals surface area contributed by atoms with Gasteiger partial charge in [-0.25, -0.2) is 0 Å². The third kappa shape index (κ3) is 3.77. The number of carbonyl (C=O) groups is 1. The number of hydrogen-bond acceptors (Lipinski definition) is 5. The van der Waals surface area contributed by atoms with Crippen molar-refractivity contribution in [1.82, 2.24) is 4.90 Å². The molecule has 0 bridgehead atoms. The summed E-state index contributed by atoms with van der Waals surface area (Å²) in [4.78, 5) is 29.9. The highest BCUT2D eigenvalue weighted by molar-refractivity contribution is 5.99. The number of quaternary nitrogens is 1. The summed E-state index contributed by atoms with van der Waals surface area (Å²) < 4.78 is 16.5. The van der Waals surface area contributed by atoms with Gasteiger partial charge in [0.1, 0.15) is 17.1 Å². The van der Waals surface area contributed by atoms with Crippen LogP contribution in [0, 0.1) is 0 Å². The summed E-state index contributed by atoms with van der Waals surface area (Å²) in [6.07, 6.45) is 0.816. The minimum absolute atomic E-state index is 0.115. The monoisotopic (exact) mass is 423 g/mol. The third-order valence-electron chi connectivity index (χ3n) is 5.68. The van der Waals surface area contributed by atoms with E-state index in [4.69, 9.17) is 13.9 Å². The molecule has 162 valence electrons. The van der Waals surface area contributed by atoms with Gasteiger partial charge in [-0.3, -0.25) is 9.59 Å². The maximum atomic E-state index is 13.5. The molecule has 31 heavy (non-hydrogen) atoms. The standard InChI is InChI=1S/C24H26N2O5/c1-25(2)12-5-13-26-21(15-6-8-16(29-3)9-7-15)20-22(27)18-11-10-17(30-4)14-19(18)31-23(20)24(26)28/h6-11,14,21H,5,12-13H2,1-4H3/p+1/t21-/m0/s1. The van der Waals surface area contributed by atoms with Gasteiger partial charge in [-0.05, 0) is 29.8 Å². The van der Waals surface area contributed by atoms with Gasteiger partial charge in [0.05, 0.1) is 51.9 Å². The lowest BCUT2D eigenvalue weighted by molar-refractivity contribution is -0.858. The zero-order valence-electron chi connectivity index (χ0n) is 18.2. The second-order valence-electron chi connectivity index (χ2n) is 8.02. The first-order chi connectivity index (χ1) is 14.9. The highest BCUT2D eigenvalue weighted by atomic mass is 16.5. The molecular formula is C24H27N2O5+. The predicted molar refractivity (Wildman–Crippen MR) is 117 cm³/mol. The van der Waals surface area contributed by atoms with Crippen LogP contribution in [0.4, 0.5) is 0 Å². The first kappa shape index (κ1) is 20.9. The molecule has 3 aromatic rings. The summed E-state index contributed by atoms with van der Waals surface area (Å²) in [6, 6.07) is 12.0. The van der Waals surface area contributed by atoms with Gasteiger partial charge in [0.2, 0.25) is 5.76 Å². The van der Waals surface area contributed by atoms with Crippen molar-refractivity contribution >= 4 is 16.9 Å². The molecular weight excluding hydrogens is 396 g/mol. The van der Waals surface area contributed by atoms with Crippen molar-refractivity contribution in [3.63, 3.8) is 0 Å². The molecule has 0 unspecified atom stereocenters. The number of benzene rings is 2. The minimum atomic E-state index is -0.492. The van der Waals surface area contributed by atoms with Crippen LogP contribution in [0.1, 0.15) is 34.1 Å². The molecule has 0 saturated carbocycles. The molecule has 1 N–H and O–H groups in total. The quantitative estimate of drug-likeness (QED) is 0.628. The molecule has 0 radical (unpaired) electrons. The molecule has 0 aliphatic carbocycles. The average Bonchev–Trinajstić information content (AvgIpc) is 3.05. The zero-order chi connectivity index (χ0) is 22.1. The van der Waals surface area contributed by atoms with Crippen LogP contribution in [0.25, 0.3) is 11.0 Å². The van der Waals surface area contributed by atoms with Crippen LogP contribution in [0.3, 0.4) is 0 Å². The van der Waals surface area contributed by atoms with Crippen LogP contribution in [0.15, 0.2) is 51.7 Å². The van der Waals surface area contributed by atoms with Crippen molar-refractivity contribution in [2.75, 3.05) is 41.4 Å². The van der Waals surface area contributed by atoms with E-state index in [2.05, 4.69) is 14.1 Å². The fourth-order valence-corrected chi connectivity index (χ4v) is 4.09. The van der Waals surface area contributed by atoms with Gasteiger partial charge < -0.3 is 23.7 Å². The number of carbonyl (C=O) groups excluding carboxylic acids is 1. The number of ether oxygens (including phenoxy) is 2. The largest absolute Gasteiger partial charge is 0.497 e. The molecule has 1 atom stereocenters. The first-order valence-corrected chi connectivity index (χ1v) is 10.3. The number of nitrogens with zero attached hydrogens (tertiary/aromatic N) is 1. The fraction of sp³-hybridized carbons (Fsp3) is 0.333. The summed E-state index contributed by atoms with van der Waals surface area (Å²) in [5.41, 5.74) is 1.41. The highest BCUT2D eigenvalue weighted by Gasteiger charge is 2.42.